The summed E-state index contributed by atoms with van der Waals surface area (Å²) in [6.07, 6.45) is 1.03. The first kappa shape index (κ1) is 22.0. The van der Waals surface area contributed by atoms with E-state index in [0.717, 1.165) is 57.5 Å². The summed E-state index contributed by atoms with van der Waals surface area (Å²) in [5.74, 6) is 2.19. The Morgan fingerprint density at radius 3 is 2.40 bits per heavy atom. The van der Waals surface area contributed by atoms with Gasteiger partial charge in [0.05, 0.1) is 20.3 Å². The number of aliphatic imine (C=N–C) groups is 1. The summed E-state index contributed by atoms with van der Waals surface area (Å²) in [6, 6.07) is 17.0. The first-order chi connectivity index (χ1) is 14.7. The fourth-order valence-electron chi connectivity index (χ4n) is 3.56. The summed E-state index contributed by atoms with van der Waals surface area (Å²) in [5.41, 5.74) is 3.82. The molecular weight excluding hydrogens is 376 g/mol. The topological polar surface area (TPSA) is 58.1 Å². The Hall–Kier alpha value is -2.73. The predicted molar refractivity (Wildman–Crippen MR) is 124 cm³/mol. The smallest absolute Gasteiger partial charge is 0.191 e. The van der Waals surface area contributed by atoms with Gasteiger partial charge in [0.15, 0.2) is 5.96 Å². The first-order valence-corrected chi connectivity index (χ1v) is 10.7. The van der Waals surface area contributed by atoms with E-state index < -0.39 is 0 Å². The Kier molecular flexibility index (Phi) is 8.39. The van der Waals surface area contributed by atoms with Crippen LogP contribution >= 0.6 is 0 Å². The lowest BCUT2D eigenvalue weighted by molar-refractivity contribution is 0.122. The molecule has 0 saturated carbocycles. The molecule has 30 heavy (non-hydrogen) atoms. The highest BCUT2D eigenvalue weighted by Gasteiger charge is 2.11. The minimum Gasteiger partial charge on any atom is -0.497 e. The summed E-state index contributed by atoms with van der Waals surface area (Å²) in [6.45, 7) is 7.40. The minimum atomic E-state index is 0.467. The van der Waals surface area contributed by atoms with E-state index in [-0.39, 0.29) is 0 Å². The van der Waals surface area contributed by atoms with E-state index in [4.69, 9.17) is 9.47 Å². The lowest BCUT2D eigenvalue weighted by atomic mass is 9.98. The Morgan fingerprint density at radius 1 is 1.07 bits per heavy atom. The third-order valence-corrected chi connectivity index (χ3v) is 5.55. The molecule has 1 heterocycles. The van der Waals surface area contributed by atoms with Crippen LogP contribution in [0.3, 0.4) is 0 Å². The van der Waals surface area contributed by atoms with Crippen LogP contribution in [0.1, 0.15) is 30.4 Å². The molecule has 0 aromatic heterocycles. The van der Waals surface area contributed by atoms with Crippen LogP contribution in [0, 0.1) is 0 Å². The van der Waals surface area contributed by atoms with E-state index in [1.54, 1.807) is 7.11 Å². The van der Waals surface area contributed by atoms with Gasteiger partial charge in [-0.3, -0.25) is 4.99 Å². The van der Waals surface area contributed by atoms with Gasteiger partial charge in [-0.1, -0.05) is 31.2 Å². The number of methoxy groups -OCH3 is 1. The average molecular weight is 411 g/mol. The van der Waals surface area contributed by atoms with Crippen LogP contribution in [-0.4, -0.2) is 53.0 Å². The highest BCUT2D eigenvalue weighted by molar-refractivity contribution is 5.79. The van der Waals surface area contributed by atoms with E-state index >= 15 is 0 Å². The van der Waals surface area contributed by atoms with Crippen LogP contribution < -0.4 is 20.3 Å². The van der Waals surface area contributed by atoms with Gasteiger partial charge in [0.2, 0.25) is 0 Å². The molecule has 1 unspecified atom stereocenters. The Bertz CT molecular complexity index is 784. The average Bonchev–Trinajstić information content (AvgIpc) is 2.82. The molecule has 3 rings (SSSR count). The number of nitrogens with one attached hydrogen (secondary N) is 2. The van der Waals surface area contributed by atoms with Crippen molar-refractivity contribution >= 4 is 11.6 Å². The van der Waals surface area contributed by atoms with Crippen LogP contribution in [-0.2, 0) is 11.3 Å². The second kappa shape index (κ2) is 11.5. The first-order valence-electron chi connectivity index (χ1n) is 10.7. The van der Waals surface area contributed by atoms with Crippen molar-refractivity contribution in [2.75, 3.05) is 51.9 Å². The van der Waals surface area contributed by atoms with E-state index in [9.17, 15) is 0 Å². The highest BCUT2D eigenvalue weighted by atomic mass is 16.5. The van der Waals surface area contributed by atoms with E-state index in [0.29, 0.717) is 5.92 Å². The van der Waals surface area contributed by atoms with Crippen molar-refractivity contribution in [2.24, 2.45) is 4.99 Å². The van der Waals surface area contributed by atoms with Crippen LogP contribution in [0.4, 0.5) is 5.69 Å². The van der Waals surface area contributed by atoms with Gasteiger partial charge in [0.1, 0.15) is 5.75 Å². The van der Waals surface area contributed by atoms with E-state index in [1.165, 1.54) is 16.8 Å². The molecule has 1 saturated heterocycles. The Morgan fingerprint density at radius 2 is 1.77 bits per heavy atom. The molecule has 0 aliphatic carbocycles. The van der Waals surface area contributed by atoms with Gasteiger partial charge in [-0.2, -0.15) is 0 Å². The van der Waals surface area contributed by atoms with Crippen LogP contribution in [0.5, 0.6) is 5.75 Å². The normalized spacial score (nSPS) is 15.6. The lowest BCUT2D eigenvalue weighted by Gasteiger charge is -2.29. The van der Waals surface area contributed by atoms with Gasteiger partial charge in [-0.15, -0.1) is 0 Å². The van der Waals surface area contributed by atoms with Gasteiger partial charge in [0, 0.05) is 38.9 Å². The molecule has 6 heteroatoms. The van der Waals surface area contributed by atoms with Gasteiger partial charge in [0.25, 0.3) is 0 Å². The van der Waals surface area contributed by atoms with Crippen molar-refractivity contribution in [2.45, 2.75) is 25.8 Å². The number of ether oxygens (including phenoxy) is 2. The van der Waals surface area contributed by atoms with Crippen LogP contribution in [0.25, 0.3) is 0 Å². The van der Waals surface area contributed by atoms with Crippen molar-refractivity contribution in [1.29, 1.82) is 0 Å². The number of rotatable bonds is 8. The SMILES string of the molecule is CN=C(NCCC(C)c1ccc(OC)cc1)NCc1ccc(N2CCOCC2)cc1. The number of morpholine rings is 1. The van der Waals surface area contributed by atoms with Gasteiger partial charge in [-0.25, -0.2) is 0 Å². The predicted octanol–water partition coefficient (Wildman–Crippen LogP) is 3.39. The number of nitrogens with zero attached hydrogens (tertiary/aromatic N) is 2. The summed E-state index contributed by atoms with van der Waals surface area (Å²) >= 11 is 0. The van der Waals surface area contributed by atoms with Crippen molar-refractivity contribution in [3.05, 3.63) is 59.7 Å². The fourth-order valence-corrected chi connectivity index (χ4v) is 3.56. The number of benzene rings is 2. The molecule has 1 aliphatic heterocycles. The highest BCUT2D eigenvalue weighted by Crippen LogP contribution is 2.21. The quantitative estimate of drug-likeness (QED) is 0.516. The summed E-state index contributed by atoms with van der Waals surface area (Å²) in [4.78, 5) is 6.71. The molecule has 0 bridgehead atoms. The van der Waals surface area contributed by atoms with Crippen molar-refractivity contribution in [3.8, 4) is 5.75 Å². The number of hydrogen-bond donors (Lipinski definition) is 2. The molecule has 1 aliphatic rings. The maximum Gasteiger partial charge on any atom is 0.191 e. The fraction of sp³-hybridized carbons (Fsp3) is 0.458. The Labute approximate surface area is 180 Å². The van der Waals surface area contributed by atoms with Gasteiger partial charge < -0.3 is 25.0 Å². The maximum atomic E-state index is 5.43. The number of guanidine groups is 1. The number of anilines is 1. The van der Waals surface area contributed by atoms with Crippen molar-refractivity contribution in [1.82, 2.24) is 10.6 Å². The molecular formula is C24H34N4O2. The largest absolute Gasteiger partial charge is 0.497 e. The molecule has 6 nitrogen and oxygen atoms in total. The molecule has 0 radical (unpaired) electrons. The van der Waals surface area contributed by atoms with E-state index in [2.05, 4.69) is 63.8 Å². The zero-order valence-electron chi connectivity index (χ0n) is 18.4. The molecule has 2 aromatic carbocycles. The number of hydrogen-bond acceptors (Lipinski definition) is 4. The maximum absolute atomic E-state index is 5.43. The molecule has 1 atom stereocenters. The molecule has 1 fully saturated rings. The minimum absolute atomic E-state index is 0.467. The van der Waals surface area contributed by atoms with Gasteiger partial charge in [-0.05, 0) is 47.7 Å². The molecule has 2 aromatic rings. The molecule has 2 N–H and O–H groups in total. The molecule has 0 amide bonds. The zero-order chi connectivity index (χ0) is 21.2. The summed E-state index contributed by atoms with van der Waals surface area (Å²) in [5, 5.41) is 6.82. The Balaban J connectivity index is 1.40. The monoisotopic (exact) mass is 410 g/mol. The molecule has 162 valence electrons. The molecule has 0 spiro atoms. The third-order valence-electron chi connectivity index (χ3n) is 5.55. The second-order valence-electron chi connectivity index (χ2n) is 7.58. The van der Waals surface area contributed by atoms with Crippen molar-refractivity contribution < 1.29 is 9.47 Å². The van der Waals surface area contributed by atoms with Crippen LogP contribution in [0.2, 0.25) is 0 Å². The summed E-state index contributed by atoms with van der Waals surface area (Å²) < 4.78 is 10.7. The van der Waals surface area contributed by atoms with E-state index in [1.807, 2.05) is 19.2 Å². The van der Waals surface area contributed by atoms with Crippen LogP contribution in [0.15, 0.2) is 53.5 Å². The lowest BCUT2D eigenvalue weighted by Crippen LogP contribution is -2.37. The standard InChI is InChI=1S/C24H34N4O2/c1-19(21-6-10-23(29-3)11-7-21)12-13-26-24(25-2)27-18-20-4-8-22(9-5-20)28-14-16-30-17-15-28/h4-11,19H,12-18H2,1-3H3,(H2,25,26,27). The van der Waals surface area contributed by atoms with Gasteiger partial charge >= 0.3 is 0 Å². The summed E-state index contributed by atoms with van der Waals surface area (Å²) in [7, 11) is 3.50. The third kappa shape index (κ3) is 6.39. The zero-order valence-corrected chi connectivity index (χ0v) is 18.4. The second-order valence-corrected chi connectivity index (χ2v) is 7.58. The van der Waals surface area contributed by atoms with Crippen molar-refractivity contribution in [3.63, 3.8) is 0 Å².